The minimum Gasteiger partial charge on any atom is -0.396 e. The molecule has 1 rings (SSSR count). The highest BCUT2D eigenvalue weighted by molar-refractivity contribution is 5.29. The van der Waals surface area contributed by atoms with Crippen LogP contribution in [-0.4, -0.2) is 9.66 Å². The van der Waals surface area contributed by atoms with E-state index >= 15 is 0 Å². The lowest BCUT2D eigenvalue weighted by Gasteiger charge is -1.96. The maximum atomic E-state index is 6.99. The van der Waals surface area contributed by atoms with E-state index < -0.39 is 0 Å². The summed E-state index contributed by atoms with van der Waals surface area (Å²) in [5, 5.41) is 6.99. The average molecular weight is 125 g/mol. The molecule has 1 aromatic heterocycles. The molecule has 0 unspecified atom stereocenters. The quantitative estimate of drug-likeness (QED) is 0.374. The molecular formula is C4H7N5. The lowest BCUT2D eigenvalue weighted by molar-refractivity contribution is 0.815. The molecule has 9 heavy (non-hydrogen) atoms. The van der Waals surface area contributed by atoms with Gasteiger partial charge >= 0.3 is 0 Å². The molecule has 0 bridgehead atoms. The highest BCUT2D eigenvalue weighted by Crippen LogP contribution is 1.87. The summed E-state index contributed by atoms with van der Waals surface area (Å²) in [5.74, 6) is 5.21. The Bertz CT molecular complexity index is 262. The van der Waals surface area contributed by atoms with Crippen LogP contribution >= 0.6 is 0 Å². The van der Waals surface area contributed by atoms with Crippen molar-refractivity contribution in [1.82, 2.24) is 9.66 Å². The highest BCUT2D eigenvalue weighted by atomic mass is 15.3. The van der Waals surface area contributed by atoms with Gasteiger partial charge in [-0.05, 0) is 0 Å². The van der Waals surface area contributed by atoms with Crippen molar-refractivity contribution in [3.63, 3.8) is 0 Å². The summed E-state index contributed by atoms with van der Waals surface area (Å²) in [6.45, 7) is 0. The second-order valence-electron chi connectivity index (χ2n) is 1.62. The molecule has 0 saturated carbocycles. The summed E-state index contributed by atoms with van der Waals surface area (Å²) in [5.41, 5.74) is 5.72. The van der Waals surface area contributed by atoms with Crippen LogP contribution in [0.15, 0.2) is 12.4 Å². The minimum atomic E-state index is -0.01000. The number of aromatic nitrogens is 2. The molecule has 1 aromatic rings. The Balaban J connectivity index is 3.34. The molecule has 0 aliphatic rings. The first kappa shape index (κ1) is 5.61. The van der Waals surface area contributed by atoms with Crippen molar-refractivity contribution in [2.75, 3.05) is 11.6 Å². The van der Waals surface area contributed by atoms with Crippen LogP contribution in [0.3, 0.4) is 0 Å². The van der Waals surface area contributed by atoms with Crippen molar-refractivity contribution >= 4 is 5.69 Å². The molecule has 0 radical (unpaired) electrons. The maximum absolute atomic E-state index is 6.99. The van der Waals surface area contributed by atoms with Crippen LogP contribution in [0.25, 0.3) is 0 Å². The Kier molecular flexibility index (Phi) is 1.11. The topological polar surface area (TPSA) is 93.7 Å². The zero-order chi connectivity index (χ0) is 6.85. The molecule has 1 heterocycles. The monoisotopic (exact) mass is 125 g/mol. The molecular weight excluding hydrogens is 118 g/mol. The smallest absolute Gasteiger partial charge is 0.240 e. The molecule has 0 fully saturated rings. The van der Waals surface area contributed by atoms with Gasteiger partial charge in [0.1, 0.15) is 0 Å². The Morgan fingerprint density at radius 3 is 2.78 bits per heavy atom. The van der Waals surface area contributed by atoms with E-state index in [1.807, 2.05) is 0 Å². The molecule has 0 saturated heterocycles. The van der Waals surface area contributed by atoms with Crippen molar-refractivity contribution in [2.45, 2.75) is 0 Å². The van der Waals surface area contributed by atoms with Gasteiger partial charge in [0.05, 0.1) is 18.1 Å². The van der Waals surface area contributed by atoms with Gasteiger partial charge in [-0.25, -0.2) is 9.66 Å². The summed E-state index contributed by atoms with van der Waals surface area (Å²) in [4.78, 5) is 3.56. The molecule has 5 heteroatoms. The van der Waals surface area contributed by atoms with Crippen molar-refractivity contribution in [3.8, 4) is 0 Å². The summed E-state index contributed by atoms with van der Waals surface area (Å²) in [7, 11) is 0. The molecule has 48 valence electrons. The van der Waals surface area contributed by atoms with Gasteiger partial charge < -0.3 is 11.6 Å². The van der Waals surface area contributed by atoms with E-state index in [0.717, 1.165) is 4.68 Å². The minimum absolute atomic E-state index is 0.01000. The summed E-state index contributed by atoms with van der Waals surface area (Å²) < 4.78 is 1.05. The second kappa shape index (κ2) is 1.77. The number of rotatable bonds is 0. The fourth-order valence-corrected chi connectivity index (χ4v) is 0.457. The van der Waals surface area contributed by atoms with Gasteiger partial charge in [-0.15, -0.1) is 0 Å². The molecule has 0 aromatic carbocycles. The maximum Gasteiger partial charge on any atom is 0.240 e. The van der Waals surface area contributed by atoms with Crippen molar-refractivity contribution < 1.29 is 0 Å². The van der Waals surface area contributed by atoms with E-state index in [2.05, 4.69) is 4.98 Å². The van der Waals surface area contributed by atoms with E-state index in [4.69, 9.17) is 17.0 Å². The Morgan fingerprint density at radius 1 is 1.67 bits per heavy atom. The molecule has 5 nitrogen and oxygen atoms in total. The molecule has 0 atom stereocenters. The zero-order valence-corrected chi connectivity index (χ0v) is 4.70. The lowest BCUT2D eigenvalue weighted by Crippen LogP contribution is -2.28. The standard InChI is InChI=1S/C4H7N5/c5-3-1-8-4(6)9(7)2-3/h1-2,6H,5,7H2. The number of nitrogens with one attached hydrogen (secondary N) is 1. The van der Waals surface area contributed by atoms with Crippen molar-refractivity contribution in [2.24, 2.45) is 0 Å². The largest absolute Gasteiger partial charge is 0.396 e. The van der Waals surface area contributed by atoms with Crippen LogP contribution in [0.1, 0.15) is 0 Å². The average Bonchev–Trinajstić information content (AvgIpc) is 1.80. The number of hydrogen-bond acceptors (Lipinski definition) is 4. The zero-order valence-electron chi connectivity index (χ0n) is 4.70. The number of nitrogens with zero attached hydrogens (tertiary/aromatic N) is 2. The normalized spacial score (nSPS) is 9.33. The van der Waals surface area contributed by atoms with Crippen molar-refractivity contribution in [3.05, 3.63) is 18.0 Å². The van der Waals surface area contributed by atoms with Crippen molar-refractivity contribution in [1.29, 1.82) is 5.41 Å². The molecule has 0 amide bonds. The molecule has 0 aliphatic heterocycles. The van der Waals surface area contributed by atoms with Gasteiger partial charge in [-0.2, -0.15) is 0 Å². The summed E-state index contributed by atoms with van der Waals surface area (Å²) in [6, 6.07) is 0. The van der Waals surface area contributed by atoms with Gasteiger partial charge in [-0.1, -0.05) is 0 Å². The molecule has 0 aliphatic carbocycles. The molecule has 5 N–H and O–H groups in total. The number of nitrogens with two attached hydrogens (primary N) is 2. The number of hydrogen-bond donors (Lipinski definition) is 3. The third kappa shape index (κ3) is 0.987. The highest BCUT2D eigenvalue weighted by Gasteiger charge is 1.85. The predicted molar refractivity (Wildman–Crippen MR) is 32.6 cm³/mol. The number of anilines is 1. The first-order valence-corrected chi connectivity index (χ1v) is 2.34. The first-order chi connectivity index (χ1) is 4.20. The fourth-order valence-electron chi connectivity index (χ4n) is 0.457. The van der Waals surface area contributed by atoms with E-state index in [9.17, 15) is 0 Å². The van der Waals surface area contributed by atoms with E-state index in [0.29, 0.717) is 5.69 Å². The van der Waals surface area contributed by atoms with Crippen LogP contribution in [-0.2, 0) is 0 Å². The van der Waals surface area contributed by atoms with Gasteiger partial charge in [0, 0.05) is 0 Å². The van der Waals surface area contributed by atoms with E-state index in [1.54, 1.807) is 0 Å². The van der Waals surface area contributed by atoms with Gasteiger partial charge in [-0.3, -0.25) is 5.41 Å². The third-order valence-electron chi connectivity index (χ3n) is 0.869. The van der Waals surface area contributed by atoms with Crippen LogP contribution < -0.4 is 17.2 Å². The summed E-state index contributed by atoms with van der Waals surface area (Å²) >= 11 is 0. The van der Waals surface area contributed by atoms with Gasteiger partial charge in [0.15, 0.2) is 0 Å². The SMILES string of the molecule is N=c1ncc(N)cn1N. The van der Waals surface area contributed by atoms with Crippen LogP contribution in [0.5, 0.6) is 0 Å². The Morgan fingerprint density at radius 2 is 2.33 bits per heavy atom. The first-order valence-electron chi connectivity index (χ1n) is 2.34. The van der Waals surface area contributed by atoms with E-state index in [-0.39, 0.29) is 5.62 Å². The van der Waals surface area contributed by atoms with Gasteiger partial charge in [0.25, 0.3) is 0 Å². The third-order valence-corrected chi connectivity index (χ3v) is 0.869. The van der Waals surface area contributed by atoms with E-state index in [1.165, 1.54) is 12.4 Å². The Labute approximate surface area is 51.4 Å². The van der Waals surface area contributed by atoms with Crippen LogP contribution in [0.4, 0.5) is 5.69 Å². The summed E-state index contributed by atoms with van der Waals surface area (Å²) in [6.07, 6.45) is 2.81. The van der Waals surface area contributed by atoms with Crippen LogP contribution in [0, 0.1) is 5.41 Å². The number of nitrogen functional groups attached to an aromatic ring is 2. The Hall–Kier alpha value is -1.52. The lowest BCUT2D eigenvalue weighted by atomic mass is 10.6. The fraction of sp³-hybridized carbons (Fsp3) is 0. The second-order valence-corrected chi connectivity index (χ2v) is 1.62. The van der Waals surface area contributed by atoms with Crippen LogP contribution in [0.2, 0.25) is 0 Å². The molecule has 0 spiro atoms. The predicted octanol–water partition coefficient (Wildman–Crippen LogP) is -1.34. The van der Waals surface area contributed by atoms with Gasteiger partial charge in [0.2, 0.25) is 5.62 Å².